The van der Waals surface area contributed by atoms with Gasteiger partial charge >= 0.3 is 0 Å². The Kier molecular flexibility index (Phi) is 4.88. The molecular weight excluding hydrogens is 160 g/mol. The van der Waals surface area contributed by atoms with E-state index in [2.05, 4.69) is 6.58 Å². The maximum atomic E-state index is 10.9. The van der Waals surface area contributed by atoms with Crippen molar-refractivity contribution >= 4 is 17.4 Å². The summed E-state index contributed by atoms with van der Waals surface area (Å²) in [6.07, 6.45) is 3.93. The maximum absolute atomic E-state index is 10.9. The van der Waals surface area contributed by atoms with Crippen LogP contribution in [0.2, 0.25) is 0 Å². The minimum Gasteiger partial charge on any atom is -0.295 e. The fraction of sp³-hybridized carbons (Fsp3) is 0.444. The Hall–Kier alpha value is -0.560. The third-order valence-corrected chi connectivity index (χ3v) is 1.43. The van der Waals surface area contributed by atoms with Crippen LogP contribution in [-0.4, -0.2) is 11.2 Å². The number of alkyl halides is 1. The molecule has 1 nitrogen and oxygen atoms in total. The Labute approximate surface area is 72.7 Å². The van der Waals surface area contributed by atoms with E-state index in [9.17, 15) is 4.79 Å². The second-order valence-corrected chi connectivity index (χ2v) is 3.21. The molecule has 1 atom stereocenters. The second-order valence-electron chi connectivity index (χ2n) is 2.47. The Morgan fingerprint density at radius 1 is 1.73 bits per heavy atom. The molecule has 11 heavy (non-hydrogen) atoms. The lowest BCUT2D eigenvalue weighted by molar-refractivity contribution is -0.113. The zero-order chi connectivity index (χ0) is 8.85. The van der Waals surface area contributed by atoms with E-state index in [1.807, 2.05) is 6.92 Å². The Morgan fingerprint density at radius 3 is 2.55 bits per heavy atom. The van der Waals surface area contributed by atoms with Crippen LogP contribution in [0.25, 0.3) is 0 Å². The normalized spacial score (nSPS) is 14.3. The van der Waals surface area contributed by atoms with Gasteiger partial charge in [-0.05, 0) is 25.8 Å². The van der Waals surface area contributed by atoms with Gasteiger partial charge in [-0.1, -0.05) is 18.7 Å². The first-order valence-electron chi connectivity index (χ1n) is 3.54. The van der Waals surface area contributed by atoms with Gasteiger partial charge in [-0.2, -0.15) is 0 Å². The average molecular weight is 173 g/mol. The molecule has 0 aliphatic rings. The summed E-state index contributed by atoms with van der Waals surface area (Å²) in [6, 6.07) is 0. The van der Waals surface area contributed by atoms with Crippen molar-refractivity contribution in [2.75, 3.05) is 0 Å². The van der Waals surface area contributed by atoms with Crippen LogP contribution in [0.4, 0.5) is 0 Å². The first-order chi connectivity index (χ1) is 5.07. The van der Waals surface area contributed by atoms with Crippen molar-refractivity contribution in [1.82, 2.24) is 0 Å². The van der Waals surface area contributed by atoms with Crippen molar-refractivity contribution < 1.29 is 4.79 Å². The fourth-order valence-electron chi connectivity index (χ4n) is 0.774. The van der Waals surface area contributed by atoms with E-state index in [4.69, 9.17) is 11.6 Å². The molecule has 62 valence electrons. The molecule has 0 radical (unpaired) electrons. The highest BCUT2D eigenvalue weighted by Crippen LogP contribution is 2.11. The monoisotopic (exact) mass is 172 g/mol. The Balaban J connectivity index is 4.23. The number of halogens is 1. The highest BCUT2D eigenvalue weighted by molar-refractivity contribution is 6.20. The van der Waals surface area contributed by atoms with Crippen LogP contribution in [0.5, 0.6) is 0 Å². The van der Waals surface area contributed by atoms with E-state index in [0.717, 1.165) is 5.57 Å². The van der Waals surface area contributed by atoms with Gasteiger partial charge in [0.2, 0.25) is 0 Å². The summed E-state index contributed by atoms with van der Waals surface area (Å²) in [6.45, 7) is 6.92. The molecule has 0 bridgehead atoms. The fourth-order valence-corrected chi connectivity index (χ4v) is 0.941. The summed E-state index contributed by atoms with van der Waals surface area (Å²) in [5, 5.41) is 0.00472. The van der Waals surface area contributed by atoms with Crippen LogP contribution in [0.3, 0.4) is 0 Å². The Morgan fingerprint density at radius 2 is 2.27 bits per heavy atom. The number of carbonyl (C=O) groups excluding carboxylic acids is 1. The lowest BCUT2D eigenvalue weighted by Gasteiger charge is -2.03. The molecule has 0 heterocycles. The quantitative estimate of drug-likeness (QED) is 0.362. The zero-order valence-electron chi connectivity index (χ0n) is 6.93. The average Bonchev–Trinajstić information content (AvgIpc) is 1.86. The summed E-state index contributed by atoms with van der Waals surface area (Å²) in [7, 11) is 0. The number of hydrogen-bond donors (Lipinski definition) is 0. The molecule has 0 fully saturated rings. The summed E-state index contributed by atoms with van der Waals surface area (Å²) in [4.78, 5) is 10.9. The van der Waals surface area contributed by atoms with E-state index in [0.29, 0.717) is 6.42 Å². The van der Waals surface area contributed by atoms with Crippen molar-refractivity contribution in [3.05, 3.63) is 24.3 Å². The first kappa shape index (κ1) is 10.4. The SMILES string of the molecule is C=CC=C(CC(C)Cl)C(C)=O. The smallest absolute Gasteiger partial charge is 0.155 e. The van der Waals surface area contributed by atoms with Crippen molar-refractivity contribution in [3.8, 4) is 0 Å². The van der Waals surface area contributed by atoms with E-state index in [-0.39, 0.29) is 11.2 Å². The number of rotatable bonds is 4. The Bertz CT molecular complexity index is 180. The number of Topliss-reactive ketones (excluding diaryl/α,β-unsaturated/α-hetero) is 1. The van der Waals surface area contributed by atoms with Gasteiger partial charge in [0.15, 0.2) is 5.78 Å². The minimum absolute atomic E-state index is 0.00472. The molecule has 0 spiro atoms. The molecule has 0 N–H and O–H groups in total. The van der Waals surface area contributed by atoms with Gasteiger partial charge in [0.25, 0.3) is 0 Å². The predicted octanol–water partition coefficient (Wildman–Crippen LogP) is 2.71. The number of carbonyl (C=O) groups is 1. The van der Waals surface area contributed by atoms with Gasteiger partial charge in [-0.25, -0.2) is 0 Å². The molecule has 0 aromatic carbocycles. The van der Waals surface area contributed by atoms with Crippen molar-refractivity contribution in [3.63, 3.8) is 0 Å². The van der Waals surface area contributed by atoms with E-state index in [1.165, 1.54) is 6.92 Å². The molecule has 1 unspecified atom stereocenters. The highest BCUT2D eigenvalue weighted by atomic mass is 35.5. The van der Waals surface area contributed by atoms with Crippen molar-refractivity contribution in [2.24, 2.45) is 0 Å². The lowest BCUT2D eigenvalue weighted by atomic mass is 10.1. The number of ketones is 1. The van der Waals surface area contributed by atoms with Crippen LogP contribution >= 0.6 is 11.6 Å². The lowest BCUT2D eigenvalue weighted by Crippen LogP contribution is -2.02. The topological polar surface area (TPSA) is 17.1 Å². The van der Waals surface area contributed by atoms with E-state index in [1.54, 1.807) is 12.2 Å². The zero-order valence-corrected chi connectivity index (χ0v) is 7.69. The van der Waals surface area contributed by atoms with Crippen LogP contribution in [0.1, 0.15) is 20.3 Å². The molecule has 0 aliphatic heterocycles. The third kappa shape index (κ3) is 4.79. The number of hydrogen-bond acceptors (Lipinski definition) is 1. The molecule has 2 heteroatoms. The van der Waals surface area contributed by atoms with Crippen LogP contribution < -0.4 is 0 Å². The summed E-state index contributed by atoms with van der Waals surface area (Å²) < 4.78 is 0. The third-order valence-electron chi connectivity index (χ3n) is 1.27. The molecule has 0 rings (SSSR count). The summed E-state index contributed by atoms with van der Waals surface area (Å²) in [5.41, 5.74) is 0.738. The molecular formula is C9H13ClO. The molecule has 0 aliphatic carbocycles. The van der Waals surface area contributed by atoms with Gasteiger partial charge in [0.1, 0.15) is 0 Å². The molecule has 0 aromatic heterocycles. The maximum Gasteiger partial charge on any atom is 0.155 e. The first-order valence-corrected chi connectivity index (χ1v) is 3.98. The van der Waals surface area contributed by atoms with Crippen molar-refractivity contribution in [1.29, 1.82) is 0 Å². The van der Waals surface area contributed by atoms with Crippen LogP contribution in [0.15, 0.2) is 24.3 Å². The molecule has 0 aromatic rings. The second kappa shape index (κ2) is 5.14. The minimum atomic E-state index is 0.00472. The molecule has 0 amide bonds. The summed E-state index contributed by atoms with van der Waals surface area (Å²) in [5.74, 6) is 0.0670. The van der Waals surface area contributed by atoms with Gasteiger partial charge in [-0.3, -0.25) is 4.79 Å². The van der Waals surface area contributed by atoms with Gasteiger partial charge in [0.05, 0.1) is 0 Å². The largest absolute Gasteiger partial charge is 0.295 e. The van der Waals surface area contributed by atoms with Crippen molar-refractivity contribution in [2.45, 2.75) is 25.6 Å². The predicted molar refractivity (Wildman–Crippen MR) is 48.9 cm³/mol. The highest BCUT2D eigenvalue weighted by Gasteiger charge is 2.05. The van der Waals surface area contributed by atoms with Gasteiger partial charge in [-0.15, -0.1) is 11.6 Å². The number of allylic oxidation sites excluding steroid dienone is 3. The van der Waals surface area contributed by atoms with E-state index >= 15 is 0 Å². The molecule has 0 saturated heterocycles. The summed E-state index contributed by atoms with van der Waals surface area (Å²) >= 11 is 5.72. The van der Waals surface area contributed by atoms with Crippen LogP contribution in [-0.2, 0) is 4.79 Å². The standard InChI is InChI=1S/C9H13ClO/c1-4-5-9(8(3)11)6-7(2)10/h4-5,7H,1,6H2,2-3H3. The van der Waals surface area contributed by atoms with Gasteiger partial charge < -0.3 is 0 Å². The van der Waals surface area contributed by atoms with Crippen LogP contribution in [0, 0.1) is 0 Å². The van der Waals surface area contributed by atoms with E-state index < -0.39 is 0 Å². The molecule has 0 saturated carbocycles. The van der Waals surface area contributed by atoms with Gasteiger partial charge in [0, 0.05) is 5.38 Å².